The van der Waals surface area contributed by atoms with Gasteiger partial charge in [-0.1, -0.05) is 44.2 Å². The van der Waals surface area contributed by atoms with Crippen molar-refractivity contribution in [2.45, 2.75) is 57.0 Å². The monoisotopic (exact) mass is 404 g/mol. The number of nitrogens with zero attached hydrogens (tertiary/aromatic N) is 1. The molecule has 8 nitrogen and oxygen atoms in total. The molecule has 2 atom stereocenters. The maximum atomic E-state index is 13.0. The average Bonchev–Trinajstić information content (AvgIpc) is 2.83. The second-order valence-electron chi connectivity index (χ2n) is 7.79. The summed E-state index contributed by atoms with van der Waals surface area (Å²) in [4.78, 5) is 37.3. The molecule has 1 aliphatic heterocycles. The summed E-state index contributed by atoms with van der Waals surface area (Å²) in [6, 6.07) is 4.90. The van der Waals surface area contributed by atoms with E-state index < -0.39 is 36.5 Å². The molecular weight excluding hydrogens is 376 g/mol. The lowest BCUT2D eigenvalue weighted by atomic mass is 9.85. The minimum Gasteiger partial charge on any atom is -0.489 e. The normalized spacial score (nSPS) is 21.0. The van der Waals surface area contributed by atoms with Crippen molar-refractivity contribution in [1.82, 2.24) is 5.32 Å². The molecule has 3 N–H and O–H groups in total. The largest absolute Gasteiger partial charge is 0.489 e. The summed E-state index contributed by atoms with van der Waals surface area (Å²) in [5, 5.41) is 21.8. The topological polar surface area (TPSA) is 116 Å². The van der Waals surface area contributed by atoms with Crippen molar-refractivity contribution < 1.29 is 29.3 Å². The van der Waals surface area contributed by atoms with Crippen molar-refractivity contribution in [2.24, 2.45) is 5.92 Å². The Labute approximate surface area is 169 Å². The highest BCUT2D eigenvalue weighted by molar-refractivity contribution is 6.02. The highest BCUT2D eigenvalue weighted by Crippen LogP contribution is 2.31. The van der Waals surface area contributed by atoms with Crippen LogP contribution in [0.1, 0.15) is 44.9 Å². The van der Waals surface area contributed by atoms with Gasteiger partial charge in [-0.2, -0.15) is 0 Å². The van der Waals surface area contributed by atoms with Gasteiger partial charge in [0.1, 0.15) is 31.0 Å². The Morgan fingerprint density at radius 3 is 2.59 bits per heavy atom. The minimum atomic E-state index is -1.15. The number of rotatable bonds is 8. The van der Waals surface area contributed by atoms with E-state index in [1.54, 1.807) is 24.3 Å². The highest BCUT2D eigenvalue weighted by atomic mass is 16.5. The van der Waals surface area contributed by atoms with Gasteiger partial charge in [0, 0.05) is 0 Å². The lowest BCUT2D eigenvalue weighted by Gasteiger charge is -2.27. The number of anilines is 1. The number of aliphatic carboxylic acids is 2. The third-order valence-corrected chi connectivity index (χ3v) is 5.71. The van der Waals surface area contributed by atoms with E-state index in [-0.39, 0.29) is 6.61 Å². The Bertz CT molecular complexity index is 746. The maximum absolute atomic E-state index is 13.0. The van der Waals surface area contributed by atoms with Gasteiger partial charge in [-0.15, -0.1) is 0 Å². The van der Waals surface area contributed by atoms with Gasteiger partial charge in [0.05, 0.1) is 5.69 Å². The van der Waals surface area contributed by atoms with Crippen LogP contribution in [0, 0.1) is 5.92 Å². The summed E-state index contributed by atoms with van der Waals surface area (Å²) in [6.07, 6.45) is 7.09. The molecule has 1 fully saturated rings. The molecule has 2 aliphatic rings. The first-order valence-electron chi connectivity index (χ1n) is 10.2. The van der Waals surface area contributed by atoms with Crippen LogP contribution in [-0.4, -0.2) is 53.3 Å². The number of hydrogen-bond acceptors (Lipinski definition) is 5. The predicted octanol–water partition coefficient (Wildman–Crippen LogP) is 2.27. The van der Waals surface area contributed by atoms with Crippen molar-refractivity contribution in [3.63, 3.8) is 0 Å². The van der Waals surface area contributed by atoms with E-state index in [2.05, 4.69) is 5.32 Å². The molecule has 158 valence electrons. The Morgan fingerprint density at radius 2 is 1.90 bits per heavy atom. The second kappa shape index (κ2) is 9.73. The summed E-state index contributed by atoms with van der Waals surface area (Å²) >= 11 is 0. The Hall–Kier alpha value is -2.61. The van der Waals surface area contributed by atoms with Crippen LogP contribution in [0.3, 0.4) is 0 Å². The molecule has 0 spiro atoms. The fourth-order valence-electron chi connectivity index (χ4n) is 4.17. The minimum absolute atomic E-state index is 0.0564. The quantitative estimate of drug-likeness (QED) is 0.608. The fraction of sp³-hybridized carbons (Fsp3) is 0.571. The molecule has 1 aromatic rings. The van der Waals surface area contributed by atoms with Crippen LogP contribution in [0.5, 0.6) is 5.75 Å². The summed E-state index contributed by atoms with van der Waals surface area (Å²) < 4.78 is 5.71. The van der Waals surface area contributed by atoms with Crippen molar-refractivity contribution in [1.29, 1.82) is 0 Å². The molecule has 0 radical (unpaired) electrons. The maximum Gasteiger partial charge on any atom is 0.323 e. The van der Waals surface area contributed by atoms with Crippen LogP contribution < -0.4 is 15.0 Å². The van der Waals surface area contributed by atoms with Gasteiger partial charge >= 0.3 is 11.9 Å². The third-order valence-electron chi connectivity index (χ3n) is 5.71. The third kappa shape index (κ3) is 5.47. The zero-order valence-electron chi connectivity index (χ0n) is 16.4. The van der Waals surface area contributed by atoms with Crippen molar-refractivity contribution in [3.05, 3.63) is 24.3 Å². The first-order chi connectivity index (χ1) is 14.0. The second-order valence-corrected chi connectivity index (χ2v) is 7.79. The molecule has 1 amide bonds. The zero-order valence-corrected chi connectivity index (χ0v) is 16.4. The molecule has 1 aliphatic carbocycles. The smallest absolute Gasteiger partial charge is 0.323 e. The lowest BCUT2D eigenvalue weighted by Crippen LogP contribution is -2.54. The van der Waals surface area contributed by atoms with Crippen LogP contribution >= 0.6 is 0 Å². The van der Waals surface area contributed by atoms with Gasteiger partial charge in [-0.3, -0.25) is 24.6 Å². The molecule has 0 bridgehead atoms. The molecule has 1 saturated carbocycles. The number of amides is 1. The number of nitrogens with one attached hydrogen (secondary N) is 1. The molecule has 8 heteroatoms. The summed E-state index contributed by atoms with van der Waals surface area (Å²) in [6.45, 7) is -0.573. The van der Waals surface area contributed by atoms with E-state index in [0.717, 1.165) is 24.2 Å². The summed E-state index contributed by atoms with van der Waals surface area (Å²) in [7, 11) is 0. The molecule has 0 saturated heterocycles. The Balaban J connectivity index is 1.71. The number of carbonyl (C=O) groups excluding carboxylic acids is 1. The van der Waals surface area contributed by atoms with Gasteiger partial charge in [0.2, 0.25) is 5.91 Å². The number of para-hydroxylation sites is 2. The number of hydrogen-bond donors (Lipinski definition) is 3. The van der Waals surface area contributed by atoms with Gasteiger partial charge < -0.3 is 14.9 Å². The van der Waals surface area contributed by atoms with Crippen LogP contribution in [0.2, 0.25) is 0 Å². The van der Waals surface area contributed by atoms with Crippen molar-refractivity contribution in [3.8, 4) is 5.75 Å². The molecule has 29 heavy (non-hydrogen) atoms. The zero-order chi connectivity index (χ0) is 20.8. The number of fused-ring (bicyclic) bond motifs is 1. The molecule has 3 rings (SSSR count). The van der Waals surface area contributed by atoms with Gasteiger partial charge in [-0.25, -0.2) is 0 Å². The van der Waals surface area contributed by atoms with Gasteiger partial charge in [0.15, 0.2) is 0 Å². The summed E-state index contributed by atoms with van der Waals surface area (Å²) in [5.74, 6) is -1.73. The summed E-state index contributed by atoms with van der Waals surface area (Å²) in [5.41, 5.74) is 0.373. The lowest BCUT2D eigenvalue weighted by molar-refractivity contribution is -0.141. The number of carboxylic acids is 2. The molecule has 1 aromatic carbocycles. The van der Waals surface area contributed by atoms with E-state index in [1.807, 2.05) is 0 Å². The Kier molecular flexibility index (Phi) is 7.09. The van der Waals surface area contributed by atoms with Gasteiger partial charge in [-0.05, 0) is 30.9 Å². The molecule has 1 heterocycles. The van der Waals surface area contributed by atoms with E-state index in [1.165, 1.54) is 19.3 Å². The van der Waals surface area contributed by atoms with E-state index in [4.69, 9.17) is 4.74 Å². The molecule has 0 aromatic heterocycles. The van der Waals surface area contributed by atoms with Gasteiger partial charge in [0.25, 0.3) is 0 Å². The average molecular weight is 404 g/mol. The highest BCUT2D eigenvalue weighted by Gasteiger charge is 2.35. The first-order valence-corrected chi connectivity index (χ1v) is 10.2. The van der Waals surface area contributed by atoms with Crippen LogP contribution in [0.25, 0.3) is 0 Å². The standard InChI is InChI=1S/C21H28N2O6/c24-19(25)12-23-17-8-4-5-9-18(17)29-13-16(20(23)26)22-15(21(27)28)11-10-14-6-2-1-3-7-14/h4-5,8-9,14-16,22H,1-3,6-7,10-13H2,(H,24,25)(H,27,28)/t15?,16-/m0/s1. The van der Waals surface area contributed by atoms with Crippen molar-refractivity contribution >= 4 is 23.5 Å². The van der Waals surface area contributed by atoms with Crippen LogP contribution in [0.4, 0.5) is 5.69 Å². The van der Waals surface area contributed by atoms with Crippen LogP contribution in [0.15, 0.2) is 24.3 Å². The van der Waals surface area contributed by atoms with E-state index >= 15 is 0 Å². The predicted molar refractivity (Wildman–Crippen MR) is 106 cm³/mol. The fourth-order valence-corrected chi connectivity index (χ4v) is 4.17. The number of benzene rings is 1. The number of ether oxygens (including phenoxy) is 1. The van der Waals surface area contributed by atoms with Crippen molar-refractivity contribution in [2.75, 3.05) is 18.1 Å². The molecule has 1 unspecified atom stereocenters. The molecular formula is C21H28N2O6. The van der Waals surface area contributed by atoms with E-state index in [9.17, 15) is 24.6 Å². The first kappa shape index (κ1) is 21.1. The number of carbonyl (C=O) groups is 3. The Morgan fingerprint density at radius 1 is 1.17 bits per heavy atom. The number of carboxylic acid groups (broad SMARTS) is 2. The van der Waals surface area contributed by atoms with E-state index in [0.29, 0.717) is 23.8 Å². The van der Waals surface area contributed by atoms with Crippen LogP contribution in [-0.2, 0) is 14.4 Å². The SMILES string of the molecule is O=C(O)CN1C(=O)[C@@H](NC(CCC2CCCCC2)C(=O)O)COc2ccccc21.